The molecule has 0 aliphatic heterocycles. The molecule has 0 radical (unpaired) electrons. The summed E-state index contributed by atoms with van der Waals surface area (Å²) >= 11 is 12.4. The van der Waals surface area contributed by atoms with Crippen LogP contribution in [0.25, 0.3) is 11.3 Å². The molecule has 4 nitrogen and oxygen atoms in total. The van der Waals surface area contributed by atoms with Crippen molar-refractivity contribution in [3.8, 4) is 28.8 Å². The fraction of sp³-hybridized carbons (Fsp3) is 0.111. The van der Waals surface area contributed by atoms with Gasteiger partial charge < -0.3 is 4.74 Å². The standard InChI is InChI=1S/C18H12Cl2FN3O/c1-10-18(25-16-6-4-12(21)8-15(16)20)17(24(2)23-10)13-5-3-11(9-22)7-14(13)19/h3-8H,1-2H3. The highest BCUT2D eigenvalue weighted by Gasteiger charge is 2.20. The van der Waals surface area contributed by atoms with E-state index >= 15 is 0 Å². The molecular weight excluding hydrogens is 364 g/mol. The molecule has 0 fully saturated rings. The minimum absolute atomic E-state index is 0.153. The molecule has 2 aromatic carbocycles. The lowest BCUT2D eigenvalue weighted by atomic mass is 10.1. The summed E-state index contributed by atoms with van der Waals surface area (Å²) in [4.78, 5) is 0. The predicted molar refractivity (Wildman–Crippen MR) is 94.6 cm³/mol. The molecular formula is C18H12Cl2FN3O. The minimum Gasteiger partial charge on any atom is -0.452 e. The van der Waals surface area contributed by atoms with Gasteiger partial charge in [0.25, 0.3) is 0 Å². The number of hydrogen-bond acceptors (Lipinski definition) is 3. The van der Waals surface area contributed by atoms with Crippen molar-refractivity contribution >= 4 is 23.2 Å². The highest BCUT2D eigenvalue weighted by molar-refractivity contribution is 6.33. The molecule has 0 bridgehead atoms. The summed E-state index contributed by atoms with van der Waals surface area (Å²) < 4.78 is 20.8. The lowest BCUT2D eigenvalue weighted by Gasteiger charge is -2.11. The fourth-order valence-corrected chi connectivity index (χ4v) is 2.98. The molecule has 0 saturated heterocycles. The Kier molecular flexibility index (Phi) is 4.67. The first-order valence-corrected chi connectivity index (χ1v) is 8.03. The van der Waals surface area contributed by atoms with Crippen molar-refractivity contribution in [3.63, 3.8) is 0 Å². The second-order valence-corrected chi connectivity index (χ2v) is 6.18. The molecule has 0 unspecified atom stereocenters. The number of aromatic nitrogens is 2. The quantitative estimate of drug-likeness (QED) is 0.606. The first-order chi connectivity index (χ1) is 11.9. The first-order valence-electron chi connectivity index (χ1n) is 7.27. The van der Waals surface area contributed by atoms with Crippen LogP contribution in [0.1, 0.15) is 11.3 Å². The Morgan fingerprint density at radius 1 is 1.16 bits per heavy atom. The maximum Gasteiger partial charge on any atom is 0.176 e. The molecule has 126 valence electrons. The van der Waals surface area contributed by atoms with Gasteiger partial charge in [0.15, 0.2) is 5.75 Å². The van der Waals surface area contributed by atoms with Crippen LogP contribution < -0.4 is 4.74 Å². The van der Waals surface area contributed by atoms with Crippen LogP contribution in [0.3, 0.4) is 0 Å². The maximum absolute atomic E-state index is 13.2. The van der Waals surface area contributed by atoms with Gasteiger partial charge in [-0.15, -0.1) is 0 Å². The van der Waals surface area contributed by atoms with Crippen LogP contribution in [0.2, 0.25) is 10.0 Å². The maximum atomic E-state index is 13.2. The van der Waals surface area contributed by atoms with Gasteiger partial charge in [-0.1, -0.05) is 23.2 Å². The van der Waals surface area contributed by atoms with E-state index in [1.807, 2.05) is 6.07 Å². The number of hydrogen-bond donors (Lipinski definition) is 0. The summed E-state index contributed by atoms with van der Waals surface area (Å²) in [6.45, 7) is 1.79. The number of aryl methyl sites for hydroxylation is 2. The molecule has 3 aromatic rings. The second-order valence-electron chi connectivity index (χ2n) is 5.37. The van der Waals surface area contributed by atoms with Crippen molar-refractivity contribution in [3.05, 3.63) is 63.5 Å². The molecule has 25 heavy (non-hydrogen) atoms. The van der Waals surface area contributed by atoms with E-state index in [4.69, 9.17) is 33.2 Å². The molecule has 0 spiro atoms. The predicted octanol–water partition coefficient (Wildman–Crippen LogP) is 5.51. The smallest absolute Gasteiger partial charge is 0.176 e. The number of nitriles is 1. The van der Waals surface area contributed by atoms with Gasteiger partial charge in [0.2, 0.25) is 0 Å². The number of nitrogens with zero attached hydrogens (tertiary/aromatic N) is 3. The molecule has 0 saturated carbocycles. The van der Waals surface area contributed by atoms with Gasteiger partial charge in [0, 0.05) is 12.6 Å². The van der Waals surface area contributed by atoms with Crippen molar-refractivity contribution in [1.29, 1.82) is 5.26 Å². The second kappa shape index (κ2) is 6.75. The Bertz CT molecular complexity index is 1010. The summed E-state index contributed by atoms with van der Waals surface area (Å²) in [7, 11) is 1.76. The van der Waals surface area contributed by atoms with E-state index in [1.165, 1.54) is 18.2 Å². The molecule has 3 rings (SSSR count). The van der Waals surface area contributed by atoms with Gasteiger partial charge in [-0.2, -0.15) is 10.4 Å². The van der Waals surface area contributed by atoms with E-state index in [9.17, 15) is 4.39 Å². The normalized spacial score (nSPS) is 10.6. The zero-order valence-electron chi connectivity index (χ0n) is 13.3. The third-order valence-corrected chi connectivity index (χ3v) is 4.23. The summed E-state index contributed by atoms with van der Waals surface area (Å²) in [5, 5.41) is 13.9. The van der Waals surface area contributed by atoms with Gasteiger partial charge in [0.05, 0.1) is 21.7 Å². The molecule has 1 aromatic heterocycles. The fourth-order valence-electron chi connectivity index (χ4n) is 2.50. The van der Waals surface area contributed by atoms with E-state index < -0.39 is 5.82 Å². The number of benzene rings is 2. The highest BCUT2D eigenvalue weighted by atomic mass is 35.5. The largest absolute Gasteiger partial charge is 0.452 e. The van der Waals surface area contributed by atoms with Crippen LogP contribution >= 0.6 is 23.2 Å². The molecule has 0 aliphatic carbocycles. The monoisotopic (exact) mass is 375 g/mol. The average molecular weight is 376 g/mol. The van der Waals surface area contributed by atoms with E-state index in [-0.39, 0.29) is 5.02 Å². The third kappa shape index (κ3) is 3.32. The number of ether oxygens (including phenoxy) is 1. The van der Waals surface area contributed by atoms with Crippen molar-refractivity contribution in [2.45, 2.75) is 6.92 Å². The van der Waals surface area contributed by atoms with Gasteiger partial charge in [-0.25, -0.2) is 4.39 Å². The van der Waals surface area contributed by atoms with Crippen LogP contribution in [0, 0.1) is 24.1 Å². The number of halogens is 3. The number of rotatable bonds is 3. The van der Waals surface area contributed by atoms with E-state index in [0.717, 1.165) is 0 Å². The van der Waals surface area contributed by atoms with Crippen LogP contribution in [-0.2, 0) is 7.05 Å². The average Bonchev–Trinajstić information content (AvgIpc) is 2.83. The van der Waals surface area contributed by atoms with Gasteiger partial charge in [0.1, 0.15) is 23.0 Å². The van der Waals surface area contributed by atoms with Gasteiger partial charge in [-0.3, -0.25) is 4.68 Å². The Labute approximate surface area is 154 Å². The summed E-state index contributed by atoms with van der Waals surface area (Å²) in [6.07, 6.45) is 0. The highest BCUT2D eigenvalue weighted by Crippen LogP contribution is 2.40. The Balaban J connectivity index is 2.12. The Morgan fingerprint density at radius 3 is 2.56 bits per heavy atom. The van der Waals surface area contributed by atoms with Crippen molar-refractivity contribution in [2.24, 2.45) is 7.05 Å². The van der Waals surface area contributed by atoms with Crippen LogP contribution in [0.15, 0.2) is 36.4 Å². The molecule has 0 amide bonds. The topological polar surface area (TPSA) is 50.8 Å². The van der Waals surface area contributed by atoms with E-state index in [1.54, 1.807) is 36.9 Å². The van der Waals surface area contributed by atoms with Gasteiger partial charge >= 0.3 is 0 Å². The van der Waals surface area contributed by atoms with Crippen LogP contribution in [0.5, 0.6) is 11.5 Å². The van der Waals surface area contributed by atoms with Crippen molar-refractivity contribution < 1.29 is 9.13 Å². The zero-order valence-corrected chi connectivity index (χ0v) is 14.9. The third-order valence-electron chi connectivity index (χ3n) is 3.63. The van der Waals surface area contributed by atoms with Crippen LogP contribution in [-0.4, -0.2) is 9.78 Å². The Hall–Kier alpha value is -2.55. The molecule has 1 heterocycles. The van der Waals surface area contributed by atoms with Crippen molar-refractivity contribution in [1.82, 2.24) is 9.78 Å². The lowest BCUT2D eigenvalue weighted by Crippen LogP contribution is -1.96. The molecule has 0 atom stereocenters. The molecule has 0 aliphatic rings. The van der Waals surface area contributed by atoms with E-state index in [0.29, 0.717) is 39.0 Å². The first kappa shape index (κ1) is 17.3. The summed E-state index contributed by atoms with van der Waals surface area (Å²) in [5.74, 6) is 0.323. The van der Waals surface area contributed by atoms with Crippen molar-refractivity contribution in [2.75, 3.05) is 0 Å². The van der Waals surface area contributed by atoms with Crippen LogP contribution in [0.4, 0.5) is 4.39 Å². The summed E-state index contributed by atoms with van der Waals surface area (Å²) in [6, 6.07) is 10.9. The van der Waals surface area contributed by atoms with E-state index in [2.05, 4.69) is 5.10 Å². The zero-order chi connectivity index (χ0) is 18.1. The summed E-state index contributed by atoms with van der Waals surface area (Å²) in [5.41, 5.74) is 2.37. The molecule has 7 heteroatoms. The Morgan fingerprint density at radius 2 is 1.92 bits per heavy atom. The van der Waals surface area contributed by atoms with Gasteiger partial charge in [-0.05, 0) is 43.3 Å². The molecule has 0 N–H and O–H groups in total. The lowest BCUT2D eigenvalue weighted by molar-refractivity contribution is 0.478. The SMILES string of the molecule is Cc1nn(C)c(-c2ccc(C#N)cc2Cl)c1Oc1ccc(F)cc1Cl. The minimum atomic E-state index is -0.449.